The molecule has 1 aliphatic heterocycles. The van der Waals surface area contributed by atoms with E-state index in [1.54, 1.807) is 18.9 Å². The van der Waals surface area contributed by atoms with Crippen LogP contribution in [0, 0.1) is 6.92 Å². The monoisotopic (exact) mass is 250 g/mol. The lowest BCUT2D eigenvalue weighted by Gasteiger charge is -2.07. The first-order chi connectivity index (χ1) is 8.19. The van der Waals surface area contributed by atoms with Gasteiger partial charge in [-0.3, -0.25) is 4.79 Å². The zero-order valence-electron chi connectivity index (χ0n) is 9.81. The highest BCUT2D eigenvalue weighted by molar-refractivity contribution is 7.99. The minimum atomic E-state index is 0.0413. The third-order valence-corrected chi connectivity index (χ3v) is 4.06. The van der Waals surface area contributed by atoms with Crippen molar-refractivity contribution < 1.29 is 9.53 Å². The Morgan fingerprint density at radius 1 is 1.47 bits per heavy atom. The lowest BCUT2D eigenvalue weighted by Crippen LogP contribution is -2.24. The fourth-order valence-electron chi connectivity index (χ4n) is 1.78. The fourth-order valence-corrected chi connectivity index (χ4v) is 2.95. The number of ether oxygens (including phenoxy) is 1. The van der Waals surface area contributed by atoms with Crippen molar-refractivity contribution in [2.24, 2.45) is 0 Å². The Kier molecular flexibility index (Phi) is 3.94. The Morgan fingerprint density at radius 3 is 2.71 bits per heavy atom. The molecule has 1 saturated heterocycles. The van der Waals surface area contributed by atoms with Gasteiger partial charge in [-0.25, -0.2) is 0 Å². The Hall–Kier alpha value is -1.16. The summed E-state index contributed by atoms with van der Waals surface area (Å²) in [5.41, 5.74) is 1.20. The average Bonchev–Trinajstić information content (AvgIpc) is 2.66. The quantitative estimate of drug-likeness (QED) is 0.888. The molecule has 0 bridgehead atoms. The van der Waals surface area contributed by atoms with Gasteiger partial charge in [0.1, 0.15) is 5.75 Å². The number of rotatable bonds is 4. The summed E-state index contributed by atoms with van der Waals surface area (Å²) in [6.07, 6.45) is 0.819. The molecule has 2 rings (SSSR count). The van der Waals surface area contributed by atoms with Crippen LogP contribution in [-0.2, 0) is 10.5 Å². The maximum absolute atomic E-state index is 11.5. The summed E-state index contributed by atoms with van der Waals surface area (Å²) in [7, 11) is 1.65. The number of thioether (sulfide) groups is 1. The molecule has 1 aromatic carbocycles. The van der Waals surface area contributed by atoms with E-state index in [1.807, 2.05) is 24.3 Å². The first-order valence-electron chi connectivity index (χ1n) is 5.57. The number of amides is 1. The van der Waals surface area contributed by atoms with Crippen LogP contribution >= 0.6 is 11.8 Å². The highest BCUT2D eigenvalue weighted by Gasteiger charge is 2.29. The zero-order valence-corrected chi connectivity index (χ0v) is 10.6. The van der Waals surface area contributed by atoms with Crippen LogP contribution in [0.2, 0.25) is 0 Å². The smallest absolute Gasteiger partial charge is 0.233 e. The van der Waals surface area contributed by atoms with Gasteiger partial charge in [0.05, 0.1) is 12.4 Å². The maximum atomic E-state index is 11.5. The van der Waals surface area contributed by atoms with Gasteiger partial charge in [0.25, 0.3) is 0 Å². The van der Waals surface area contributed by atoms with E-state index in [0.717, 1.165) is 17.9 Å². The van der Waals surface area contributed by atoms with Gasteiger partial charge in [-0.2, -0.15) is 0 Å². The number of hydrogen-bond donors (Lipinski definition) is 1. The average molecular weight is 250 g/mol. The number of benzene rings is 1. The summed E-state index contributed by atoms with van der Waals surface area (Å²) in [5.74, 6) is 1.81. The maximum Gasteiger partial charge on any atom is 0.233 e. The number of carbonyl (C=O) groups is 1. The van der Waals surface area contributed by atoms with E-state index in [1.165, 1.54) is 5.56 Å². The molecule has 3 nitrogen and oxygen atoms in total. The van der Waals surface area contributed by atoms with Crippen molar-refractivity contribution in [1.82, 2.24) is 5.32 Å². The van der Waals surface area contributed by atoms with Gasteiger partial charge in [0, 0.05) is 11.8 Å². The predicted octanol–water partition coefficient (Wildman–Crippen LogP) is 2.02. The van der Waals surface area contributed by atoms with Crippen molar-refractivity contribution in [3.63, 3.8) is 0 Å². The van der Waals surface area contributed by atoms with E-state index >= 15 is 0 Å². The molecule has 0 aliphatic carbocycles. The summed E-state index contributed by atoms with van der Waals surface area (Å²) in [5, 5.41) is 2.87. The van der Waals surface area contributed by atoms with E-state index in [9.17, 15) is 4.79 Å². The van der Waals surface area contributed by atoms with Crippen molar-refractivity contribution in [3.8, 4) is 5.75 Å². The minimum absolute atomic E-state index is 0.0413. The van der Waals surface area contributed by atoms with E-state index in [2.05, 4.69) is 12.2 Å². The van der Waals surface area contributed by atoms with Gasteiger partial charge in [-0.1, -0.05) is 12.1 Å². The zero-order chi connectivity index (χ0) is 12.3. The Labute approximate surface area is 106 Å². The SMILES string of the molecule is [CH2][C@H]1C[C@H](SCc2ccc(OC)cc2)C(=O)N1. The van der Waals surface area contributed by atoms with E-state index < -0.39 is 0 Å². The van der Waals surface area contributed by atoms with Gasteiger partial charge in [-0.05, 0) is 31.0 Å². The molecule has 1 radical (unpaired) electrons. The molecule has 4 heteroatoms. The van der Waals surface area contributed by atoms with Crippen LogP contribution in [0.15, 0.2) is 24.3 Å². The normalized spacial score (nSPS) is 23.5. The topological polar surface area (TPSA) is 38.3 Å². The van der Waals surface area contributed by atoms with Crippen LogP contribution in [0.4, 0.5) is 0 Å². The number of methoxy groups -OCH3 is 1. The second-order valence-corrected chi connectivity index (χ2v) is 5.28. The summed E-state index contributed by atoms with van der Waals surface area (Å²) >= 11 is 1.67. The molecule has 1 aliphatic rings. The Bertz CT molecular complexity index is 391. The summed E-state index contributed by atoms with van der Waals surface area (Å²) in [4.78, 5) is 11.5. The standard InChI is InChI=1S/C13H16NO2S/c1-9-7-12(13(15)14-9)17-8-10-3-5-11(16-2)6-4-10/h3-6,9,12H,1,7-8H2,2H3,(H,14,15)/t9-,12-/m0/s1. The van der Waals surface area contributed by atoms with E-state index in [-0.39, 0.29) is 17.2 Å². The summed E-state index contributed by atoms with van der Waals surface area (Å²) in [6.45, 7) is 3.85. The van der Waals surface area contributed by atoms with Gasteiger partial charge < -0.3 is 10.1 Å². The molecule has 0 aromatic heterocycles. The molecular weight excluding hydrogens is 234 g/mol. The molecule has 1 amide bonds. The lowest BCUT2D eigenvalue weighted by atomic mass is 10.2. The Morgan fingerprint density at radius 2 is 2.18 bits per heavy atom. The van der Waals surface area contributed by atoms with Gasteiger partial charge in [-0.15, -0.1) is 11.8 Å². The van der Waals surface area contributed by atoms with Gasteiger partial charge in [0.2, 0.25) is 5.91 Å². The van der Waals surface area contributed by atoms with E-state index in [4.69, 9.17) is 4.74 Å². The third-order valence-electron chi connectivity index (χ3n) is 2.75. The van der Waals surface area contributed by atoms with Crippen molar-refractivity contribution in [1.29, 1.82) is 0 Å². The minimum Gasteiger partial charge on any atom is -0.497 e. The number of nitrogens with one attached hydrogen (secondary N) is 1. The largest absolute Gasteiger partial charge is 0.497 e. The van der Waals surface area contributed by atoms with Crippen LogP contribution in [0.5, 0.6) is 5.75 Å². The lowest BCUT2D eigenvalue weighted by molar-refractivity contribution is -0.118. The highest BCUT2D eigenvalue weighted by atomic mass is 32.2. The fraction of sp³-hybridized carbons (Fsp3) is 0.385. The molecule has 1 N–H and O–H groups in total. The second kappa shape index (κ2) is 5.45. The molecule has 1 fully saturated rings. The molecule has 0 saturated carbocycles. The van der Waals surface area contributed by atoms with Crippen LogP contribution in [0.25, 0.3) is 0 Å². The molecule has 2 atom stereocenters. The van der Waals surface area contributed by atoms with Crippen molar-refractivity contribution >= 4 is 17.7 Å². The molecule has 17 heavy (non-hydrogen) atoms. The Balaban J connectivity index is 1.87. The van der Waals surface area contributed by atoms with Crippen LogP contribution in [0.3, 0.4) is 0 Å². The van der Waals surface area contributed by atoms with E-state index in [0.29, 0.717) is 0 Å². The first kappa shape index (κ1) is 12.3. The number of hydrogen-bond acceptors (Lipinski definition) is 3. The first-order valence-corrected chi connectivity index (χ1v) is 6.62. The van der Waals surface area contributed by atoms with Gasteiger partial charge in [0.15, 0.2) is 0 Å². The molecule has 0 spiro atoms. The molecule has 1 heterocycles. The predicted molar refractivity (Wildman–Crippen MR) is 70.0 cm³/mol. The second-order valence-electron chi connectivity index (χ2n) is 4.09. The highest BCUT2D eigenvalue weighted by Crippen LogP contribution is 2.26. The number of carbonyl (C=O) groups excluding carboxylic acids is 1. The van der Waals surface area contributed by atoms with Crippen LogP contribution < -0.4 is 10.1 Å². The molecular formula is C13H16NO2S. The molecule has 0 unspecified atom stereocenters. The molecule has 91 valence electrons. The van der Waals surface area contributed by atoms with Crippen LogP contribution in [-0.4, -0.2) is 24.3 Å². The van der Waals surface area contributed by atoms with Crippen molar-refractivity contribution in [2.45, 2.75) is 23.5 Å². The molecule has 1 aromatic rings. The third kappa shape index (κ3) is 3.16. The summed E-state index contributed by atoms with van der Waals surface area (Å²) in [6, 6.07) is 8.00. The van der Waals surface area contributed by atoms with Crippen molar-refractivity contribution in [3.05, 3.63) is 36.8 Å². The van der Waals surface area contributed by atoms with Gasteiger partial charge >= 0.3 is 0 Å². The van der Waals surface area contributed by atoms with Crippen LogP contribution in [0.1, 0.15) is 12.0 Å². The van der Waals surface area contributed by atoms with Crippen molar-refractivity contribution in [2.75, 3.05) is 7.11 Å². The summed E-state index contributed by atoms with van der Waals surface area (Å²) < 4.78 is 5.10.